The molecule has 2 rings (SSSR count). The highest BCUT2D eigenvalue weighted by atomic mass is 32.1. The second-order valence-electron chi connectivity index (χ2n) is 3.32. The Labute approximate surface area is 81.0 Å². The summed E-state index contributed by atoms with van der Waals surface area (Å²) in [5, 5.41) is 2.67. The predicted octanol–water partition coefficient (Wildman–Crippen LogP) is 1.58. The maximum Gasteiger partial charge on any atom is 0.185 e. The monoisotopic (exact) mass is 196 g/mol. The van der Waals surface area contributed by atoms with E-state index in [-0.39, 0.29) is 11.7 Å². The first kappa shape index (κ1) is 8.84. The van der Waals surface area contributed by atoms with Crippen molar-refractivity contribution in [2.45, 2.75) is 25.8 Å². The standard InChI is InChI=1S/C9H12N2OS/c10-4-8-11-7(5-13-8)9(12)6-2-1-3-6/h5-6H,1-4,10H2. The lowest BCUT2D eigenvalue weighted by Gasteiger charge is -2.22. The third-order valence-corrected chi connectivity index (χ3v) is 3.33. The van der Waals surface area contributed by atoms with Gasteiger partial charge in [0.15, 0.2) is 5.78 Å². The number of aromatic nitrogens is 1. The van der Waals surface area contributed by atoms with Gasteiger partial charge < -0.3 is 5.73 Å². The second-order valence-corrected chi connectivity index (χ2v) is 4.27. The van der Waals surface area contributed by atoms with Crippen molar-refractivity contribution in [1.82, 2.24) is 4.98 Å². The average Bonchev–Trinajstić information content (AvgIpc) is 2.48. The van der Waals surface area contributed by atoms with Crippen LogP contribution >= 0.6 is 11.3 Å². The van der Waals surface area contributed by atoms with E-state index >= 15 is 0 Å². The van der Waals surface area contributed by atoms with Crippen LogP contribution in [0.15, 0.2) is 5.38 Å². The molecule has 1 aliphatic carbocycles. The Hall–Kier alpha value is -0.740. The predicted molar refractivity (Wildman–Crippen MR) is 51.7 cm³/mol. The van der Waals surface area contributed by atoms with Gasteiger partial charge in [0.2, 0.25) is 0 Å². The van der Waals surface area contributed by atoms with Crippen LogP contribution in [0.2, 0.25) is 0 Å². The molecule has 0 atom stereocenters. The average molecular weight is 196 g/mol. The third-order valence-electron chi connectivity index (χ3n) is 2.45. The molecule has 4 heteroatoms. The number of ketones is 1. The largest absolute Gasteiger partial charge is 0.325 e. The quantitative estimate of drug-likeness (QED) is 0.747. The zero-order valence-corrected chi connectivity index (χ0v) is 8.14. The topological polar surface area (TPSA) is 56.0 Å². The minimum Gasteiger partial charge on any atom is -0.325 e. The highest BCUT2D eigenvalue weighted by molar-refractivity contribution is 7.09. The van der Waals surface area contributed by atoms with Crippen molar-refractivity contribution >= 4 is 17.1 Å². The van der Waals surface area contributed by atoms with Crippen molar-refractivity contribution in [3.63, 3.8) is 0 Å². The van der Waals surface area contributed by atoms with E-state index in [1.54, 1.807) is 0 Å². The Morgan fingerprint density at radius 2 is 2.46 bits per heavy atom. The smallest absolute Gasteiger partial charge is 0.185 e. The fraction of sp³-hybridized carbons (Fsp3) is 0.556. The van der Waals surface area contributed by atoms with Crippen LogP contribution in [0, 0.1) is 5.92 Å². The van der Waals surface area contributed by atoms with Crippen molar-refractivity contribution < 1.29 is 4.79 Å². The summed E-state index contributed by atoms with van der Waals surface area (Å²) < 4.78 is 0. The van der Waals surface area contributed by atoms with Crippen molar-refractivity contribution in [2.24, 2.45) is 11.7 Å². The summed E-state index contributed by atoms with van der Waals surface area (Å²) in [5.74, 6) is 0.454. The molecular formula is C9H12N2OS. The van der Waals surface area contributed by atoms with Crippen LogP contribution < -0.4 is 5.73 Å². The fourth-order valence-electron chi connectivity index (χ4n) is 1.40. The molecule has 0 aliphatic heterocycles. The van der Waals surface area contributed by atoms with Crippen LogP contribution in [-0.4, -0.2) is 10.8 Å². The summed E-state index contributed by atoms with van der Waals surface area (Å²) in [5.41, 5.74) is 6.04. The first-order chi connectivity index (χ1) is 6.31. The summed E-state index contributed by atoms with van der Waals surface area (Å²) in [4.78, 5) is 15.8. The summed E-state index contributed by atoms with van der Waals surface area (Å²) in [7, 11) is 0. The number of hydrogen-bond donors (Lipinski definition) is 1. The van der Waals surface area contributed by atoms with Crippen molar-refractivity contribution in [2.75, 3.05) is 0 Å². The molecule has 2 N–H and O–H groups in total. The maximum absolute atomic E-state index is 11.7. The molecule has 1 aromatic rings. The highest BCUT2D eigenvalue weighted by Gasteiger charge is 2.27. The van der Waals surface area contributed by atoms with Crippen molar-refractivity contribution in [3.8, 4) is 0 Å². The molecule has 0 unspecified atom stereocenters. The fourth-order valence-corrected chi connectivity index (χ4v) is 2.06. The zero-order chi connectivity index (χ0) is 9.26. The molecule has 1 aromatic heterocycles. The van der Waals surface area contributed by atoms with E-state index in [1.165, 1.54) is 17.8 Å². The molecule has 1 fully saturated rings. The van der Waals surface area contributed by atoms with Gasteiger partial charge in [0.25, 0.3) is 0 Å². The lowest BCUT2D eigenvalue weighted by Crippen LogP contribution is -2.22. The Kier molecular flexibility index (Phi) is 2.42. The second kappa shape index (κ2) is 3.55. The molecule has 1 saturated carbocycles. The lowest BCUT2D eigenvalue weighted by molar-refractivity contribution is 0.0850. The number of Topliss-reactive ketones (excluding diaryl/α,β-unsaturated/α-hetero) is 1. The molecule has 0 spiro atoms. The van der Waals surface area contributed by atoms with Gasteiger partial charge in [0.05, 0.1) is 0 Å². The van der Waals surface area contributed by atoms with Gasteiger partial charge in [-0.15, -0.1) is 11.3 Å². The van der Waals surface area contributed by atoms with E-state index in [0.29, 0.717) is 12.2 Å². The Balaban J connectivity index is 2.10. The highest BCUT2D eigenvalue weighted by Crippen LogP contribution is 2.29. The van der Waals surface area contributed by atoms with Crippen molar-refractivity contribution in [1.29, 1.82) is 0 Å². The molecule has 1 heterocycles. The summed E-state index contributed by atoms with van der Waals surface area (Å²) in [6.07, 6.45) is 3.26. The van der Waals surface area contributed by atoms with Crippen LogP contribution in [0.3, 0.4) is 0 Å². The SMILES string of the molecule is NCc1nc(C(=O)C2CCC2)cs1. The molecule has 0 aromatic carbocycles. The summed E-state index contributed by atoms with van der Waals surface area (Å²) in [6, 6.07) is 0. The van der Waals surface area contributed by atoms with Crippen LogP contribution in [0.1, 0.15) is 34.8 Å². The Morgan fingerprint density at radius 3 is 2.92 bits per heavy atom. The molecule has 3 nitrogen and oxygen atoms in total. The first-order valence-corrected chi connectivity index (χ1v) is 5.38. The van der Waals surface area contributed by atoms with E-state index < -0.39 is 0 Å². The summed E-state index contributed by atoms with van der Waals surface area (Å²) in [6.45, 7) is 0.433. The van der Waals surface area contributed by atoms with E-state index in [4.69, 9.17) is 5.73 Å². The molecule has 0 radical (unpaired) electrons. The minimum absolute atomic E-state index is 0.210. The molecule has 0 amide bonds. The molecular weight excluding hydrogens is 184 g/mol. The van der Waals surface area contributed by atoms with E-state index in [9.17, 15) is 4.79 Å². The zero-order valence-electron chi connectivity index (χ0n) is 7.32. The molecule has 13 heavy (non-hydrogen) atoms. The number of rotatable bonds is 3. The van der Waals surface area contributed by atoms with E-state index in [0.717, 1.165) is 17.8 Å². The minimum atomic E-state index is 0.210. The van der Waals surface area contributed by atoms with Crippen molar-refractivity contribution in [3.05, 3.63) is 16.1 Å². The number of carbonyl (C=O) groups excluding carboxylic acids is 1. The summed E-state index contributed by atoms with van der Waals surface area (Å²) >= 11 is 1.47. The molecule has 70 valence electrons. The Morgan fingerprint density at radius 1 is 1.69 bits per heavy atom. The van der Waals surface area contributed by atoms with Gasteiger partial charge in [-0.05, 0) is 12.8 Å². The number of nitrogens with two attached hydrogens (primary N) is 1. The van der Waals surface area contributed by atoms with Gasteiger partial charge in [-0.25, -0.2) is 4.98 Å². The van der Waals surface area contributed by atoms with Gasteiger partial charge in [-0.2, -0.15) is 0 Å². The normalized spacial score (nSPS) is 17.0. The number of carbonyl (C=O) groups is 1. The number of nitrogens with zero attached hydrogens (tertiary/aromatic N) is 1. The van der Waals surface area contributed by atoms with Gasteiger partial charge in [0.1, 0.15) is 10.7 Å². The van der Waals surface area contributed by atoms with Crippen LogP contribution in [0.5, 0.6) is 0 Å². The lowest BCUT2D eigenvalue weighted by atomic mass is 9.81. The van der Waals surface area contributed by atoms with Crippen LogP contribution in [-0.2, 0) is 6.54 Å². The third kappa shape index (κ3) is 1.64. The molecule has 1 aliphatic rings. The Bertz CT molecular complexity index is 317. The van der Waals surface area contributed by atoms with Gasteiger partial charge in [0, 0.05) is 17.8 Å². The van der Waals surface area contributed by atoms with E-state index in [2.05, 4.69) is 4.98 Å². The maximum atomic E-state index is 11.7. The number of thiazole rings is 1. The van der Waals surface area contributed by atoms with Crippen LogP contribution in [0.25, 0.3) is 0 Å². The molecule has 0 bridgehead atoms. The van der Waals surface area contributed by atoms with Gasteiger partial charge in [-0.1, -0.05) is 6.42 Å². The van der Waals surface area contributed by atoms with Crippen LogP contribution in [0.4, 0.5) is 0 Å². The van der Waals surface area contributed by atoms with Gasteiger partial charge in [-0.3, -0.25) is 4.79 Å². The first-order valence-electron chi connectivity index (χ1n) is 4.50. The van der Waals surface area contributed by atoms with Gasteiger partial charge >= 0.3 is 0 Å². The number of hydrogen-bond acceptors (Lipinski definition) is 4. The van der Waals surface area contributed by atoms with E-state index in [1.807, 2.05) is 5.38 Å². The molecule has 0 saturated heterocycles.